The third-order valence-corrected chi connectivity index (χ3v) is 4.28. The fraction of sp³-hybridized carbons (Fsp3) is 0.188. The Morgan fingerprint density at radius 2 is 2.13 bits per heavy atom. The lowest BCUT2D eigenvalue weighted by molar-refractivity contribution is 0.102. The molecule has 0 atom stereocenters. The van der Waals surface area contributed by atoms with Gasteiger partial charge in [0.05, 0.1) is 12.8 Å². The lowest BCUT2D eigenvalue weighted by Crippen LogP contribution is -2.26. The quantitative estimate of drug-likeness (QED) is 0.802. The minimum absolute atomic E-state index is 0.0103. The molecule has 0 unspecified atom stereocenters. The molecule has 2 heterocycles. The van der Waals surface area contributed by atoms with Gasteiger partial charge in [0.1, 0.15) is 11.3 Å². The number of aromatic nitrogens is 2. The summed E-state index contributed by atoms with van der Waals surface area (Å²) in [5, 5.41) is 2.72. The summed E-state index contributed by atoms with van der Waals surface area (Å²) in [5.74, 6) is 0.0223. The first-order valence-electron chi connectivity index (χ1n) is 6.93. The first-order chi connectivity index (χ1) is 11.0. The van der Waals surface area contributed by atoms with E-state index in [1.54, 1.807) is 18.3 Å². The van der Waals surface area contributed by atoms with Crippen LogP contribution in [0.3, 0.4) is 0 Å². The van der Waals surface area contributed by atoms with Crippen molar-refractivity contribution in [3.05, 3.63) is 57.0 Å². The molecule has 7 heteroatoms. The second-order valence-corrected chi connectivity index (χ2v) is 6.34. The Hall–Kier alpha value is -2.67. The standard InChI is InChI=1S/C16H15N3O3S/c1-9-4-5-13(22-3)12(6-9)18-14(20)11-7-17-16-19(15(11)21)8-10(2)23-16/h4-8H,1-3H3,(H,18,20). The number of hydrogen-bond acceptors (Lipinski definition) is 5. The van der Waals surface area contributed by atoms with Gasteiger partial charge >= 0.3 is 0 Å². The average Bonchev–Trinajstić information content (AvgIpc) is 2.89. The number of methoxy groups -OCH3 is 1. The highest BCUT2D eigenvalue weighted by Crippen LogP contribution is 2.25. The van der Waals surface area contributed by atoms with Gasteiger partial charge in [-0.1, -0.05) is 6.07 Å². The summed E-state index contributed by atoms with van der Waals surface area (Å²) in [4.78, 5) is 30.6. The maximum atomic E-state index is 12.4. The van der Waals surface area contributed by atoms with Crippen molar-refractivity contribution in [1.82, 2.24) is 9.38 Å². The lowest BCUT2D eigenvalue weighted by Gasteiger charge is -2.10. The van der Waals surface area contributed by atoms with E-state index >= 15 is 0 Å². The molecule has 23 heavy (non-hydrogen) atoms. The highest BCUT2D eigenvalue weighted by atomic mass is 32.1. The highest BCUT2D eigenvalue weighted by Gasteiger charge is 2.16. The van der Waals surface area contributed by atoms with E-state index in [1.165, 1.54) is 29.0 Å². The number of hydrogen-bond donors (Lipinski definition) is 1. The topological polar surface area (TPSA) is 72.7 Å². The third-order valence-electron chi connectivity index (χ3n) is 3.37. The van der Waals surface area contributed by atoms with Crippen LogP contribution in [0.2, 0.25) is 0 Å². The predicted octanol–water partition coefficient (Wildman–Crippen LogP) is 2.63. The van der Waals surface area contributed by atoms with Gasteiger partial charge < -0.3 is 10.1 Å². The summed E-state index contributed by atoms with van der Waals surface area (Å²) >= 11 is 1.40. The molecule has 0 bridgehead atoms. The first-order valence-corrected chi connectivity index (χ1v) is 7.75. The second kappa shape index (κ2) is 5.85. The zero-order chi connectivity index (χ0) is 16.6. The second-order valence-electron chi connectivity index (χ2n) is 5.13. The van der Waals surface area contributed by atoms with Crippen LogP contribution in [0.15, 0.2) is 35.4 Å². The van der Waals surface area contributed by atoms with Gasteiger partial charge in [-0.2, -0.15) is 0 Å². The van der Waals surface area contributed by atoms with Crippen molar-refractivity contribution in [2.24, 2.45) is 0 Å². The van der Waals surface area contributed by atoms with Crippen LogP contribution in [0, 0.1) is 13.8 Å². The Balaban J connectivity index is 2.00. The van der Waals surface area contributed by atoms with E-state index in [0.717, 1.165) is 10.4 Å². The minimum Gasteiger partial charge on any atom is -0.495 e. The summed E-state index contributed by atoms with van der Waals surface area (Å²) in [5.41, 5.74) is 1.09. The van der Waals surface area contributed by atoms with E-state index in [2.05, 4.69) is 10.3 Å². The molecule has 118 valence electrons. The van der Waals surface area contributed by atoms with E-state index in [0.29, 0.717) is 16.4 Å². The molecule has 0 saturated carbocycles. The zero-order valence-electron chi connectivity index (χ0n) is 12.9. The largest absolute Gasteiger partial charge is 0.495 e. The van der Waals surface area contributed by atoms with Crippen molar-refractivity contribution in [3.8, 4) is 5.75 Å². The van der Waals surface area contributed by atoms with Crippen LogP contribution in [-0.4, -0.2) is 22.4 Å². The number of carbonyl (C=O) groups excluding carboxylic acids is 1. The average molecular weight is 329 g/mol. The van der Waals surface area contributed by atoms with Crippen molar-refractivity contribution >= 4 is 27.9 Å². The monoisotopic (exact) mass is 329 g/mol. The van der Waals surface area contributed by atoms with Gasteiger partial charge in [0, 0.05) is 17.3 Å². The van der Waals surface area contributed by atoms with E-state index in [-0.39, 0.29) is 11.1 Å². The Morgan fingerprint density at radius 3 is 2.87 bits per heavy atom. The fourth-order valence-electron chi connectivity index (χ4n) is 2.26. The first kappa shape index (κ1) is 15.2. The number of amides is 1. The molecule has 0 fully saturated rings. The van der Waals surface area contributed by atoms with Gasteiger partial charge in [0.25, 0.3) is 11.5 Å². The summed E-state index contributed by atoms with van der Waals surface area (Å²) < 4.78 is 6.62. The van der Waals surface area contributed by atoms with Crippen LogP contribution < -0.4 is 15.6 Å². The molecule has 6 nitrogen and oxygen atoms in total. The molecule has 0 aliphatic rings. The molecule has 1 N–H and O–H groups in total. The van der Waals surface area contributed by atoms with Crippen LogP contribution >= 0.6 is 11.3 Å². The molecule has 0 aliphatic heterocycles. The highest BCUT2D eigenvalue weighted by molar-refractivity contribution is 7.16. The van der Waals surface area contributed by atoms with Gasteiger partial charge in [0.2, 0.25) is 0 Å². The summed E-state index contributed by atoms with van der Waals surface area (Å²) in [6.45, 7) is 3.79. The van der Waals surface area contributed by atoms with Gasteiger partial charge in [-0.3, -0.25) is 14.0 Å². The molecule has 2 aromatic heterocycles. The minimum atomic E-state index is -0.510. The van der Waals surface area contributed by atoms with Gasteiger partial charge in [-0.25, -0.2) is 4.98 Å². The molecule has 3 rings (SSSR count). The zero-order valence-corrected chi connectivity index (χ0v) is 13.7. The SMILES string of the molecule is COc1ccc(C)cc1NC(=O)c1cnc2sc(C)cn2c1=O. The summed E-state index contributed by atoms with van der Waals surface area (Å²) in [6, 6.07) is 5.43. The number of ether oxygens (including phenoxy) is 1. The van der Waals surface area contributed by atoms with Crippen molar-refractivity contribution in [3.63, 3.8) is 0 Å². The predicted molar refractivity (Wildman–Crippen MR) is 89.8 cm³/mol. The number of nitrogens with one attached hydrogen (secondary N) is 1. The number of fused-ring (bicyclic) bond motifs is 1. The summed E-state index contributed by atoms with van der Waals surface area (Å²) in [6.07, 6.45) is 2.99. The smallest absolute Gasteiger partial charge is 0.271 e. The lowest BCUT2D eigenvalue weighted by atomic mass is 10.2. The molecule has 0 spiro atoms. The van der Waals surface area contributed by atoms with Gasteiger partial charge in [-0.15, -0.1) is 11.3 Å². The maximum absolute atomic E-state index is 12.4. The third kappa shape index (κ3) is 2.83. The van der Waals surface area contributed by atoms with Gasteiger partial charge in [-0.05, 0) is 31.5 Å². The molecule has 3 aromatic rings. The van der Waals surface area contributed by atoms with Crippen LogP contribution in [0.5, 0.6) is 5.75 Å². The van der Waals surface area contributed by atoms with Gasteiger partial charge in [0.15, 0.2) is 4.96 Å². The molecular weight excluding hydrogens is 314 g/mol. The number of rotatable bonds is 3. The molecule has 1 aromatic carbocycles. The number of benzene rings is 1. The van der Waals surface area contributed by atoms with Crippen LogP contribution in [0.4, 0.5) is 5.69 Å². The molecule has 1 amide bonds. The Kier molecular flexibility index (Phi) is 3.87. The Bertz CT molecular complexity index is 959. The maximum Gasteiger partial charge on any atom is 0.271 e. The van der Waals surface area contributed by atoms with Crippen LogP contribution in [0.25, 0.3) is 4.96 Å². The number of anilines is 1. The molecule has 0 aliphatic carbocycles. The molecular formula is C16H15N3O3S. The summed E-state index contributed by atoms with van der Waals surface area (Å²) in [7, 11) is 1.52. The Labute approximate surface area is 136 Å². The number of carbonyl (C=O) groups is 1. The van der Waals surface area contributed by atoms with Crippen molar-refractivity contribution in [2.75, 3.05) is 12.4 Å². The van der Waals surface area contributed by atoms with Crippen molar-refractivity contribution in [2.45, 2.75) is 13.8 Å². The number of nitrogens with zero attached hydrogens (tertiary/aromatic N) is 2. The number of thiazole rings is 1. The molecule has 0 radical (unpaired) electrons. The van der Waals surface area contributed by atoms with Crippen LogP contribution in [-0.2, 0) is 0 Å². The van der Waals surface area contributed by atoms with E-state index < -0.39 is 5.91 Å². The normalized spacial score (nSPS) is 10.7. The van der Waals surface area contributed by atoms with Crippen molar-refractivity contribution < 1.29 is 9.53 Å². The number of aryl methyl sites for hydroxylation is 2. The van der Waals surface area contributed by atoms with E-state index in [4.69, 9.17) is 4.74 Å². The van der Waals surface area contributed by atoms with E-state index in [1.807, 2.05) is 19.9 Å². The fourth-order valence-corrected chi connectivity index (χ4v) is 3.05. The van der Waals surface area contributed by atoms with Crippen LogP contribution in [0.1, 0.15) is 20.8 Å². The molecule has 0 saturated heterocycles. The Morgan fingerprint density at radius 1 is 1.35 bits per heavy atom. The van der Waals surface area contributed by atoms with Crippen molar-refractivity contribution in [1.29, 1.82) is 0 Å². The van der Waals surface area contributed by atoms with E-state index in [9.17, 15) is 9.59 Å².